The third-order valence-electron chi connectivity index (χ3n) is 3.29. The summed E-state index contributed by atoms with van der Waals surface area (Å²) >= 11 is 7.21. The molecule has 1 aromatic heterocycles. The number of rotatable bonds is 8. The fraction of sp³-hybridized carbons (Fsp3) is 0.412. The van der Waals surface area contributed by atoms with Crippen LogP contribution in [0.5, 0.6) is 5.75 Å². The van der Waals surface area contributed by atoms with Crippen molar-refractivity contribution >= 4 is 28.8 Å². The number of thiazole rings is 1. The van der Waals surface area contributed by atoms with Gasteiger partial charge in [0.05, 0.1) is 5.69 Å². The van der Waals surface area contributed by atoms with Crippen molar-refractivity contribution in [1.82, 2.24) is 15.2 Å². The number of nitrogens with zero attached hydrogens (tertiary/aromatic N) is 2. The van der Waals surface area contributed by atoms with E-state index >= 15 is 0 Å². The van der Waals surface area contributed by atoms with Crippen LogP contribution in [0.15, 0.2) is 24.3 Å². The molecule has 0 atom stereocenters. The van der Waals surface area contributed by atoms with Crippen LogP contribution in [0.2, 0.25) is 5.02 Å². The van der Waals surface area contributed by atoms with Crippen molar-refractivity contribution in [2.45, 2.75) is 20.0 Å². The van der Waals surface area contributed by atoms with Gasteiger partial charge in [0.15, 0.2) is 0 Å². The molecular weight excluding hydrogens is 346 g/mol. The quantitative estimate of drug-likeness (QED) is 0.727. The predicted octanol–water partition coefficient (Wildman–Crippen LogP) is 3.37. The number of halogens is 1. The SMILES string of the molecule is Cc1nc(COc2ccc(Cl)cc2)sc1C(=O)NCCCN(C)C. The van der Waals surface area contributed by atoms with Gasteiger partial charge < -0.3 is 15.0 Å². The van der Waals surface area contributed by atoms with E-state index in [2.05, 4.69) is 15.2 Å². The third kappa shape index (κ3) is 5.78. The Balaban J connectivity index is 1.87. The first-order valence-electron chi connectivity index (χ1n) is 7.73. The average molecular weight is 368 g/mol. The first kappa shape index (κ1) is 18.7. The number of aryl methyl sites for hydroxylation is 1. The maximum atomic E-state index is 12.2. The summed E-state index contributed by atoms with van der Waals surface area (Å²) in [6.07, 6.45) is 0.920. The molecule has 1 N–H and O–H groups in total. The fourth-order valence-corrected chi connectivity index (χ4v) is 3.10. The summed E-state index contributed by atoms with van der Waals surface area (Å²) in [5, 5.41) is 4.38. The molecule has 0 saturated carbocycles. The second-order valence-corrected chi connectivity index (χ2v) is 7.20. The third-order valence-corrected chi connectivity index (χ3v) is 4.67. The molecule has 0 bridgehead atoms. The van der Waals surface area contributed by atoms with Gasteiger partial charge in [-0.25, -0.2) is 4.98 Å². The van der Waals surface area contributed by atoms with Crippen molar-refractivity contribution in [3.8, 4) is 5.75 Å². The van der Waals surface area contributed by atoms with E-state index in [0.717, 1.165) is 29.4 Å². The molecule has 0 fully saturated rings. The molecule has 0 aliphatic rings. The summed E-state index contributed by atoms with van der Waals surface area (Å²) in [5.74, 6) is 0.656. The zero-order chi connectivity index (χ0) is 17.5. The number of aromatic nitrogens is 1. The lowest BCUT2D eigenvalue weighted by Gasteiger charge is -2.09. The van der Waals surface area contributed by atoms with E-state index < -0.39 is 0 Å². The number of amides is 1. The lowest BCUT2D eigenvalue weighted by molar-refractivity contribution is 0.0955. The number of carbonyl (C=O) groups is 1. The van der Waals surface area contributed by atoms with E-state index in [1.807, 2.05) is 21.0 Å². The highest BCUT2D eigenvalue weighted by Crippen LogP contribution is 2.21. The number of benzene rings is 1. The average Bonchev–Trinajstić information content (AvgIpc) is 2.92. The molecule has 24 heavy (non-hydrogen) atoms. The van der Waals surface area contributed by atoms with Crippen LogP contribution in [0.1, 0.15) is 26.8 Å². The molecule has 5 nitrogen and oxygen atoms in total. The van der Waals surface area contributed by atoms with Crippen molar-refractivity contribution in [3.63, 3.8) is 0 Å². The molecule has 0 unspecified atom stereocenters. The molecule has 1 aromatic carbocycles. The number of hydrogen-bond acceptors (Lipinski definition) is 5. The number of hydrogen-bond donors (Lipinski definition) is 1. The van der Waals surface area contributed by atoms with Gasteiger partial charge in [-0.3, -0.25) is 4.79 Å². The predicted molar refractivity (Wildman–Crippen MR) is 98.1 cm³/mol. The lowest BCUT2D eigenvalue weighted by atomic mass is 10.3. The minimum Gasteiger partial charge on any atom is -0.486 e. The van der Waals surface area contributed by atoms with Gasteiger partial charge in [0.2, 0.25) is 0 Å². The Labute approximate surface area is 151 Å². The highest BCUT2D eigenvalue weighted by Gasteiger charge is 2.15. The molecule has 0 aliphatic heterocycles. The van der Waals surface area contributed by atoms with E-state index in [-0.39, 0.29) is 5.91 Å². The molecule has 1 amide bonds. The standard InChI is InChI=1S/C17H22ClN3O2S/c1-12-16(17(22)19-9-4-10-21(2)3)24-15(20-12)11-23-14-7-5-13(18)6-8-14/h5-8H,4,9-11H2,1-3H3,(H,19,22). The molecule has 2 aromatic rings. The molecule has 7 heteroatoms. The number of carbonyl (C=O) groups excluding carboxylic acids is 1. The van der Waals surface area contributed by atoms with E-state index in [9.17, 15) is 4.79 Å². The number of nitrogens with one attached hydrogen (secondary N) is 1. The minimum absolute atomic E-state index is 0.0681. The summed E-state index contributed by atoms with van der Waals surface area (Å²) in [6, 6.07) is 7.16. The van der Waals surface area contributed by atoms with Crippen LogP contribution in [-0.2, 0) is 6.61 Å². The zero-order valence-electron chi connectivity index (χ0n) is 14.1. The first-order chi connectivity index (χ1) is 11.5. The van der Waals surface area contributed by atoms with Gasteiger partial charge in [-0.05, 0) is 58.3 Å². The van der Waals surface area contributed by atoms with Gasteiger partial charge >= 0.3 is 0 Å². The topological polar surface area (TPSA) is 54.5 Å². The molecule has 1 heterocycles. The Kier molecular flexibility index (Phi) is 7.02. The summed E-state index contributed by atoms with van der Waals surface area (Å²) in [7, 11) is 4.03. The van der Waals surface area contributed by atoms with Gasteiger partial charge in [-0.2, -0.15) is 0 Å². The molecule has 130 valence electrons. The maximum absolute atomic E-state index is 12.2. The molecule has 0 aliphatic carbocycles. The van der Waals surface area contributed by atoms with Crippen molar-refractivity contribution in [2.24, 2.45) is 0 Å². The molecular formula is C17H22ClN3O2S. The van der Waals surface area contributed by atoms with Crippen LogP contribution in [0.25, 0.3) is 0 Å². The molecule has 2 rings (SSSR count). The number of ether oxygens (including phenoxy) is 1. The van der Waals surface area contributed by atoms with Crippen LogP contribution >= 0.6 is 22.9 Å². The summed E-state index contributed by atoms with van der Waals surface area (Å²) < 4.78 is 5.67. The first-order valence-corrected chi connectivity index (χ1v) is 8.92. The fourth-order valence-electron chi connectivity index (χ4n) is 2.08. The zero-order valence-corrected chi connectivity index (χ0v) is 15.7. The van der Waals surface area contributed by atoms with Gasteiger partial charge in [-0.15, -0.1) is 11.3 Å². The second kappa shape index (κ2) is 9.01. The van der Waals surface area contributed by atoms with Crippen LogP contribution in [-0.4, -0.2) is 43.0 Å². The van der Waals surface area contributed by atoms with Crippen LogP contribution in [0.4, 0.5) is 0 Å². The Morgan fingerprint density at radius 2 is 2.04 bits per heavy atom. The summed E-state index contributed by atoms with van der Waals surface area (Å²) in [4.78, 5) is 19.4. The largest absolute Gasteiger partial charge is 0.486 e. The van der Waals surface area contributed by atoms with E-state index in [0.29, 0.717) is 23.1 Å². The van der Waals surface area contributed by atoms with E-state index in [4.69, 9.17) is 16.3 Å². The van der Waals surface area contributed by atoms with Crippen molar-refractivity contribution in [1.29, 1.82) is 0 Å². The van der Waals surface area contributed by atoms with Crippen LogP contribution in [0.3, 0.4) is 0 Å². The van der Waals surface area contributed by atoms with Gasteiger partial charge in [-0.1, -0.05) is 11.6 Å². The monoisotopic (exact) mass is 367 g/mol. The minimum atomic E-state index is -0.0681. The van der Waals surface area contributed by atoms with Crippen LogP contribution in [0, 0.1) is 6.92 Å². The highest BCUT2D eigenvalue weighted by molar-refractivity contribution is 7.13. The Morgan fingerprint density at radius 1 is 1.33 bits per heavy atom. The Bertz CT molecular complexity index is 671. The highest BCUT2D eigenvalue weighted by atomic mass is 35.5. The lowest BCUT2D eigenvalue weighted by Crippen LogP contribution is -2.26. The summed E-state index contributed by atoms with van der Waals surface area (Å²) in [6.45, 7) is 3.78. The van der Waals surface area contributed by atoms with Gasteiger partial charge in [0, 0.05) is 11.6 Å². The molecule has 0 radical (unpaired) electrons. The molecule has 0 spiro atoms. The smallest absolute Gasteiger partial charge is 0.263 e. The van der Waals surface area contributed by atoms with Gasteiger partial charge in [0.25, 0.3) is 5.91 Å². The van der Waals surface area contributed by atoms with E-state index in [1.54, 1.807) is 24.3 Å². The van der Waals surface area contributed by atoms with Crippen molar-refractivity contribution in [3.05, 3.63) is 44.9 Å². The van der Waals surface area contributed by atoms with Crippen molar-refractivity contribution in [2.75, 3.05) is 27.2 Å². The van der Waals surface area contributed by atoms with Gasteiger partial charge in [0.1, 0.15) is 22.2 Å². The van der Waals surface area contributed by atoms with Crippen LogP contribution < -0.4 is 10.1 Å². The maximum Gasteiger partial charge on any atom is 0.263 e. The Hall–Kier alpha value is -1.63. The summed E-state index contributed by atoms with van der Waals surface area (Å²) in [5.41, 5.74) is 0.736. The van der Waals surface area contributed by atoms with Crippen molar-refractivity contribution < 1.29 is 9.53 Å². The normalized spacial score (nSPS) is 10.9. The second-order valence-electron chi connectivity index (χ2n) is 5.68. The Morgan fingerprint density at radius 3 is 2.71 bits per heavy atom. The van der Waals surface area contributed by atoms with E-state index in [1.165, 1.54) is 11.3 Å². The molecule has 0 saturated heterocycles.